The number of ether oxygens (including phenoxy) is 1. The van der Waals surface area contributed by atoms with Crippen LogP contribution in [0.5, 0.6) is 0 Å². The fourth-order valence-electron chi connectivity index (χ4n) is 3.60. The zero-order chi connectivity index (χ0) is 14.4. The van der Waals surface area contributed by atoms with Gasteiger partial charge in [0.1, 0.15) is 0 Å². The lowest BCUT2D eigenvalue weighted by Crippen LogP contribution is -2.65. The average Bonchev–Trinajstić information content (AvgIpc) is 2.24. The molecule has 0 aromatic carbocycles. The summed E-state index contributed by atoms with van der Waals surface area (Å²) in [4.78, 5) is 10.8. The zero-order valence-electron chi connectivity index (χ0n) is 11.5. The highest BCUT2D eigenvalue weighted by Gasteiger charge is 2.57. The number of hydrogen-bond acceptors (Lipinski definition) is 4. The molecule has 114 valence electrons. The molecule has 1 aliphatic carbocycles. The third-order valence-corrected chi connectivity index (χ3v) is 6.63. The summed E-state index contributed by atoms with van der Waals surface area (Å²) in [7, 11) is -3.25. The van der Waals surface area contributed by atoms with E-state index in [1.54, 1.807) is 0 Å². The fourth-order valence-corrected chi connectivity index (χ4v) is 5.48. The van der Waals surface area contributed by atoms with Gasteiger partial charge in [-0.05, 0) is 37.5 Å². The highest BCUT2D eigenvalue weighted by molar-refractivity contribution is 7.89. The molecule has 2 heterocycles. The molecule has 1 saturated carbocycles. The molecule has 2 aliphatic heterocycles. The predicted octanol–water partition coefficient (Wildman–Crippen LogP) is 0.682. The fraction of sp³-hybridized carbons (Fsp3) is 0.923. The van der Waals surface area contributed by atoms with Crippen LogP contribution in [0.3, 0.4) is 0 Å². The maximum atomic E-state index is 12.3. The van der Waals surface area contributed by atoms with Crippen LogP contribution in [0.15, 0.2) is 0 Å². The molecule has 20 heavy (non-hydrogen) atoms. The minimum Gasteiger partial charge on any atom is -0.481 e. The quantitative estimate of drug-likeness (QED) is 0.825. The van der Waals surface area contributed by atoms with Gasteiger partial charge in [-0.2, -0.15) is 0 Å². The molecule has 6 nitrogen and oxygen atoms in total. The first-order valence-electron chi connectivity index (χ1n) is 7.23. The van der Waals surface area contributed by atoms with E-state index in [4.69, 9.17) is 9.84 Å². The normalized spacial score (nSPS) is 30.7. The van der Waals surface area contributed by atoms with Crippen molar-refractivity contribution in [2.24, 2.45) is 11.3 Å². The van der Waals surface area contributed by atoms with E-state index in [2.05, 4.69) is 0 Å². The summed E-state index contributed by atoms with van der Waals surface area (Å²) >= 11 is 0. The smallest absolute Gasteiger partial charge is 0.306 e. The van der Waals surface area contributed by atoms with Gasteiger partial charge < -0.3 is 9.84 Å². The second-order valence-electron chi connectivity index (χ2n) is 6.48. The SMILES string of the molecule is O=C(O)C1CC2(C1)CN(S(=O)(=O)CC1CCCCO1)C2. The van der Waals surface area contributed by atoms with Crippen molar-refractivity contribution in [3.8, 4) is 0 Å². The van der Waals surface area contributed by atoms with Crippen LogP contribution in [0.2, 0.25) is 0 Å². The number of carbonyl (C=O) groups is 1. The molecule has 0 aromatic rings. The largest absolute Gasteiger partial charge is 0.481 e. The molecular weight excluding hydrogens is 282 g/mol. The summed E-state index contributed by atoms with van der Waals surface area (Å²) in [5.41, 5.74) is -0.0520. The van der Waals surface area contributed by atoms with Gasteiger partial charge in [0, 0.05) is 19.7 Å². The van der Waals surface area contributed by atoms with E-state index in [9.17, 15) is 13.2 Å². The lowest BCUT2D eigenvalue weighted by Gasteiger charge is -2.57. The van der Waals surface area contributed by atoms with Gasteiger partial charge >= 0.3 is 5.97 Å². The van der Waals surface area contributed by atoms with Crippen molar-refractivity contribution in [2.45, 2.75) is 38.2 Å². The molecule has 3 fully saturated rings. The Morgan fingerprint density at radius 2 is 2.00 bits per heavy atom. The van der Waals surface area contributed by atoms with Crippen LogP contribution in [-0.4, -0.2) is 55.4 Å². The van der Waals surface area contributed by atoms with Gasteiger partial charge in [0.15, 0.2) is 0 Å². The van der Waals surface area contributed by atoms with Crippen molar-refractivity contribution in [2.75, 3.05) is 25.4 Å². The van der Waals surface area contributed by atoms with Crippen LogP contribution in [0, 0.1) is 11.3 Å². The van der Waals surface area contributed by atoms with E-state index >= 15 is 0 Å². The Hall–Kier alpha value is -0.660. The minimum atomic E-state index is -3.25. The summed E-state index contributed by atoms with van der Waals surface area (Å²) < 4.78 is 31.5. The van der Waals surface area contributed by atoms with E-state index in [0.717, 1.165) is 19.3 Å². The van der Waals surface area contributed by atoms with Crippen molar-refractivity contribution in [1.29, 1.82) is 0 Å². The summed E-state index contributed by atoms with van der Waals surface area (Å²) in [6.45, 7) is 1.64. The number of sulfonamides is 1. The Balaban J connectivity index is 1.50. The molecule has 0 bridgehead atoms. The summed E-state index contributed by atoms with van der Waals surface area (Å²) in [5.74, 6) is -0.958. The molecule has 0 amide bonds. The highest BCUT2D eigenvalue weighted by atomic mass is 32.2. The van der Waals surface area contributed by atoms with Crippen LogP contribution in [0.4, 0.5) is 0 Å². The van der Waals surface area contributed by atoms with E-state index in [1.165, 1.54) is 4.31 Å². The van der Waals surface area contributed by atoms with E-state index < -0.39 is 16.0 Å². The van der Waals surface area contributed by atoms with Crippen LogP contribution < -0.4 is 0 Å². The third-order valence-electron chi connectivity index (χ3n) is 4.80. The number of aliphatic carboxylic acids is 1. The van der Waals surface area contributed by atoms with Crippen LogP contribution >= 0.6 is 0 Å². The minimum absolute atomic E-state index is 0.0520. The molecule has 0 aromatic heterocycles. The average molecular weight is 303 g/mol. The summed E-state index contributed by atoms with van der Waals surface area (Å²) in [6.07, 6.45) is 3.94. The van der Waals surface area contributed by atoms with Crippen molar-refractivity contribution in [3.63, 3.8) is 0 Å². The van der Waals surface area contributed by atoms with Gasteiger partial charge in [0.05, 0.1) is 17.8 Å². The van der Waals surface area contributed by atoms with Gasteiger partial charge in [-0.3, -0.25) is 4.79 Å². The summed E-state index contributed by atoms with van der Waals surface area (Å²) in [5, 5.41) is 8.88. The van der Waals surface area contributed by atoms with Crippen molar-refractivity contribution in [3.05, 3.63) is 0 Å². The Morgan fingerprint density at radius 1 is 1.30 bits per heavy atom. The second kappa shape index (κ2) is 4.96. The molecular formula is C13H21NO5S. The number of rotatable bonds is 4. The molecule has 3 rings (SSSR count). The van der Waals surface area contributed by atoms with E-state index in [1.807, 2.05) is 0 Å². The van der Waals surface area contributed by atoms with Crippen LogP contribution in [-0.2, 0) is 19.6 Å². The predicted molar refractivity (Wildman–Crippen MR) is 71.7 cm³/mol. The molecule has 1 spiro atoms. The van der Waals surface area contributed by atoms with Gasteiger partial charge in [-0.25, -0.2) is 12.7 Å². The molecule has 1 N–H and O–H groups in total. The van der Waals surface area contributed by atoms with Gasteiger partial charge in [-0.15, -0.1) is 0 Å². The standard InChI is InChI=1S/C13H21NO5S/c15-12(16)10-5-13(6-10)8-14(9-13)20(17,18)7-11-3-1-2-4-19-11/h10-11H,1-9H2,(H,15,16). The lowest BCUT2D eigenvalue weighted by molar-refractivity contribution is -0.155. The molecule has 0 radical (unpaired) electrons. The van der Waals surface area contributed by atoms with Crippen LogP contribution in [0.25, 0.3) is 0 Å². The molecule has 3 aliphatic rings. The first-order chi connectivity index (χ1) is 9.40. The topological polar surface area (TPSA) is 83.9 Å². The Bertz CT molecular complexity index is 483. The Labute approximate surface area is 119 Å². The maximum absolute atomic E-state index is 12.3. The number of carboxylic acids is 1. The van der Waals surface area contributed by atoms with Gasteiger partial charge in [0.2, 0.25) is 10.0 Å². The van der Waals surface area contributed by atoms with E-state index in [0.29, 0.717) is 32.5 Å². The highest BCUT2D eigenvalue weighted by Crippen LogP contribution is 2.52. The second-order valence-corrected chi connectivity index (χ2v) is 8.49. The van der Waals surface area contributed by atoms with Crippen molar-refractivity contribution in [1.82, 2.24) is 4.31 Å². The lowest BCUT2D eigenvalue weighted by atomic mass is 9.58. The van der Waals surface area contributed by atoms with Gasteiger partial charge in [0.25, 0.3) is 0 Å². The first-order valence-corrected chi connectivity index (χ1v) is 8.83. The monoisotopic (exact) mass is 303 g/mol. The van der Waals surface area contributed by atoms with E-state index in [-0.39, 0.29) is 23.2 Å². The molecule has 1 atom stereocenters. The summed E-state index contributed by atoms with van der Waals surface area (Å²) in [6, 6.07) is 0. The zero-order valence-corrected chi connectivity index (χ0v) is 12.3. The van der Waals surface area contributed by atoms with Gasteiger partial charge in [-0.1, -0.05) is 0 Å². The van der Waals surface area contributed by atoms with Crippen molar-refractivity contribution >= 4 is 16.0 Å². The third kappa shape index (κ3) is 2.58. The Morgan fingerprint density at radius 3 is 2.55 bits per heavy atom. The number of carboxylic acid groups (broad SMARTS) is 1. The van der Waals surface area contributed by atoms with Crippen molar-refractivity contribution < 1.29 is 23.1 Å². The molecule has 2 saturated heterocycles. The first kappa shape index (κ1) is 14.3. The number of nitrogens with zero attached hydrogens (tertiary/aromatic N) is 1. The molecule has 7 heteroatoms. The maximum Gasteiger partial charge on any atom is 0.306 e. The van der Waals surface area contributed by atoms with Crippen LogP contribution in [0.1, 0.15) is 32.1 Å². The Kier molecular flexibility index (Phi) is 3.54. The molecule has 1 unspecified atom stereocenters. The number of hydrogen-bond donors (Lipinski definition) is 1.